The second kappa shape index (κ2) is 5.88. The van der Waals surface area contributed by atoms with E-state index in [1.165, 1.54) is 6.92 Å². The molecular formula is C15H16F3N7. The molecule has 7 nitrogen and oxygen atoms in total. The molecule has 2 aromatic rings. The van der Waals surface area contributed by atoms with Crippen LogP contribution in [0.2, 0.25) is 0 Å². The predicted molar refractivity (Wildman–Crippen MR) is 87.0 cm³/mol. The normalized spacial score (nSPS) is 20.6. The SMILES string of the molecule is Cc1nn(-c2ccccn2)cc1NC1=NC(C)(N)C(C(F)(F)F)=CN1. The van der Waals surface area contributed by atoms with Gasteiger partial charge < -0.3 is 16.4 Å². The van der Waals surface area contributed by atoms with Gasteiger partial charge in [0.25, 0.3) is 0 Å². The maximum absolute atomic E-state index is 12.9. The van der Waals surface area contributed by atoms with Gasteiger partial charge in [-0.2, -0.15) is 18.3 Å². The highest BCUT2D eigenvalue weighted by Gasteiger charge is 2.45. The molecule has 1 atom stereocenters. The van der Waals surface area contributed by atoms with Gasteiger partial charge in [0.2, 0.25) is 5.96 Å². The van der Waals surface area contributed by atoms with Crippen molar-refractivity contribution >= 4 is 11.6 Å². The quantitative estimate of drug-likeness (QED) is 0.770. The lowest BCUT2D eigenvalue weighted by Crippen LogP contribution is -2.49. The molecule has 0 fully saturated rings. The van der Waals surface area contributed by atoms with Crippen molar-refractivity contribution in [3.05, 3.63) is 48.1 Å². The Labute approximate surface area is 141 Å². The van der Waals surface area contributed by atoms with Gasteiger partial charge in [0.15, 0.2) is 5.82 Å². The summed E-state index contributed by atoms with van der Waals surface area (Å²) in [6.45, 7) is 2.95. The van der Waals surface area contributed by atoms with Crippen LogP contribution in [-0.2, 0) is 0 Å². The van der Waals surface area contributed by atoms with Gasteiger partial charge in [0.05, 0.1) is 23.2 Å². The fourth-order valence-corrected chi connectivity index (χ4v) is 2.36. The van der Waals surface area contributed by atoms with Crippen molar-refractivity contribution in [2.45, 2.75) is 25.7 Å². The number of nitrogens with zero attached hydrogens (tertiary/aromatic N) is 4. The second-order valence-electron chi connectivity index (χ2n) is 5.69. The van der Waals surface area contributed by atoms with Crippen molar-refractivity contribution < 1.29 is 13.2 Å². The molecule has 0 saturated carbocycles. The van der Waals surface area contributed by atoms with Gasteiger partial charge in [-0.15, -0.1) is 0 Å². The maximum Gasteiger partial charge on any atom is 0.417 e. The minimum atomic E-state index is -4.56. The van der Waals surface area contributed by atoms with Crippen LogP contribution >= 0.6 is 0 Å². The number of alkyl halides is 3. The molecule has 0 aliphatic carbocycles. The fourth-order valence-electron chi connectivity index (χ4n) is 2.36. The molecule has 132 valence electrons. The highest BCUT2D eigenvalue weighted by molar-refractivity contribution is 5.95. The Morgan fingerprint density at radius 3 is 2.68 bits per heavy atom. The van der Waals surface area contributed by atoms with E-state index in [0.29, 0.717) is 17.2 Å². The van der Waals surface area contributed by atoms with Crippen molar-refractivity contribution in [2.75, 3.05) is 5.32 Å². The van der Waals surface area contributed by atoms with Crippen LogP contribution in [0.3, 0.4) is 0 Å². The van der Waals surface area contributed by atoms with E-state index in [1.54, 1.807) is 36.1 Å². The molecule has 0 saturated heterocycles. The number of nitrogens with two attached hydrogens (primary N) is 1. The Morgan fingerprint density at radius 2 is 2.08 bits per heavy atom. The average molecular weight is 351 g/mol. The van der Waals surface area contributed by atoms with Gasteiger partial charge in [0.1, 0.15) is 5.66 Å². The minimum Gasteiger partial charge on any atom is -0.332 e. The number of pyridine rings is 1. The lowest BCUT2D eigenvalue weighted by molar-refractivity contribution is -0.100. The molecule has 25 heavy (non-hydrogen) atoms. The van der Waals surface area contributed by atoms with Crippen LogP contribution in [0.4, 0.5) is 18.9 Å². The zero-order chi connectivity index (χ0) is 18.2. The van der Waals surface area contributed by atoms with Crippen molar-refractivity contribution in [1.29, 1.82) is 0 Å². The summed E-state index contributed by atoms with van der Waals surface area (Å²) in [6.07, 6.45) is -0.451. The van der Waals surface area contributed by atoms with E-state index in [1.807, 2.05) is 6.07 Å². The van der Waals surface area contributed by atoms with E-state index in [0.717, 1.165) is 6.20 Å². The zero-order valence-corrected chi connectivity index (χ0v) is 13.5. The molecule has 3 heterocycles. The molecule has 1 aliphatic rings. The molecular weight excluding hydrogens is 335 g/mol. The van der Waals surface area contributed by atoms with Gasteiger partial charge in [-0.1, -0.05) is 6.07 Å². The van der Waals surface area contributed by atoms with E-state index >= 15 is 0 Å². The number of guanidine groups is 1. The first-order valence-electron chi connectivity index (χ1n) is 7.34. The van der Waals surface area contributed by atoms with Crippen molar-refractivity contribution in [1.82, 2.24) is 20.1 Å². The minimum absolute atomic E-state index is 0.0988. The largest absolute Gasteiger partial charge is 0.417 e. The molecule has 0 amide bonds. The van der Waals surface area contributed by atoms with Crippen LogP contribution in [0.15, 0.2) is 47.4 Å². The number of halogens is 3. The zero-order valence-electron chi connectivity index (χ0n) is 13.5. The lowest BCUT2D eigenvalue weighted by atomic mass is 10.0. The molecule has 0 aromatic carbocycles. The number of aliphatic imine (C=N–C) groups is 1. The molecule has 10 heteroatoms. The van der Waals surface area contributed by atoms with E-state index < -0.39 is 17.4 Å². The molecule has 0 bridgehead atoms. The Balaban J connectivity index is 1.83. The summed E-state index contributed by atoms with van der Waals surface area (Å²) in [6, 6.07) is 5.39. The Kier molecular flexibility index (Phi) is 3.99. The fraction of sp³-hybridized carbons (Fsp3) is 0.267. The maximum atomic E-state index is 12.9. The third kappa shape index (κ3) is 3.48. The summed E-state index contributed by atoms with van der Waals surface area (Å²) in [7, 11) is 0. The number of aromatic nitrogens is 3. The smallest absolute Gasteiger partial charge is 0.332 e. The van der Waals surface area contributed by atoms with Crippen LogP contribution in [0.1, 0.15) is 12.6 Å². The van der Waals surface area contributed by atoms with Gasteiger partial charge >= 0.3 is 6.18 Å². The van der Waals surface area contributed by atoms with E-state index in [-0.39, 0.29) is 5.96 Å². The van der Waals surface area contributed by atoms with Gasteiger partial charge in [-0.05, 0) is 26.0 Å². The van der Waals surface area contributed by atoms with Gasteiger partial charge in [0, 0.05) is 12.4 Å². The summed E-state index contributed by atoms with van der Waals surface area (Å²) in [5.74, 6) is 0.710. The Bertz CT molecular complexity index is 835. The van der Waals surface area contributed by atoms with Crippen molar-refractivity contribution in [2.24, 2.45) is 10.7 Å². The molecule has 1 unspecified atom stereocenters. The molecule has 3 rings (SSSR count). The van der Waals surface area contributed by atoms with Crippen molar-refractivity contribution in [3.63, 3.8) is 0 Å². The summed E-state index contributed by atoms with van der Waals surface area (Å²) in [4.78, 5) is 8.09. The topological polar surface area (TPSA) is 93.2 Å². The number of anilines is 1. The van der Waals surface area contributed by atoms with Crippen LogP contribution in [0.25, 0.3) is 5.82 Å². The molecule has 1 aliphatic heterocycles. The van der Waals surface area contributed by atoms with E-state index in [2.05, 4.69) is 25.7 Å². The third-order valence-electron chi connectivity index (χ3n) is 3.58. The number of nitrogens with one attached hydrogen (secondary N) is 2. The average Bonchev–Trinajstić information content (AvgIpc) is 2.87. The van der Waals surface area contributed by atoms with E-state index in [9.17, 15) is 13.2 Å². The Hall–Kier alpha value is -2.88. The summed E-state index contributed by atoms with van der Waals surface area (Å²) in [5.41, 5.74) is 4.05. The highest BCUT2D eigenvalue weighted by atomic mass is 19.4. The van der Waals surface area contributed by atoms with Crippen LogP contribution < -0.4 is 16.4 Å². The molecule has 0 spiro atoms. The first-order chi connectivity index (χ1) is 11.7. The first-order valence-corrected chi connectivity index (χ1v) is 7.34. The third-order valence-corrected chi connectivity index (χ3v) is 3.58. The number of hydrogen-bond donors (Lipinski definition) is 3. The van der Waals surface area contributed by atoms with Crippen LogP contribution in [0.5, 0.6) is 0 Å². The first kappa shape index (κ1) is 17.0. The lowest BCUT2D eigenvalue weighted by Gasteiger charge is -2.30. The molecule has 4 N–H and O–H groups in total. The Morgan fingerprint density at radius 1 is 1.32 bits per heavy atom. The van der Waals surface area contributed by atoms with Crippen LogP contribution in [-0.4, -0.2) is 32.6 Å². The van der Waals surface area contributed by atoms with Crippen LogP contribution in [0, 0.1) is 6.92 Å². The predicted octanol–water partition coefficient (Wildman–Crippen LogP) is 2.07. The van der Waals surface area contributed by atoms with E-state index in [4.69, 9.17) is 5.73 Å². The summed E-state index contributed by atoms with van der Waals surface area (Å²) in [5, 5.41) is 9.70. The van der Waals surface area contributed by atoms with Gasteiger partial charge in [-0.3, -0.25) is 0 Å². The standard InChI is InChI=1S/C15H16F3N7/c1-9-10(8-25(24-9)12-5-3-4-6-20-12)22-13-21-7-11(15(16,17)18)14(2,19)23-13/h3-8H,19H2,1-2H3,(H2,21,22,23). The molecule has 0 radical (unpaired) electrons. The van der Waals surface area contributed by atoms with Gasteiger partial charge in [-0.25, -0.2) is 14.7 Å². The number of rotatable bonds is 2. The summed E-state index contributed by atoms with van der Waals surface area (Å²) < 4.78 is 40.4. The second-order valence-corrected chi connectivity index (χ2v) is 5.69. The number of aryl methyl sites for hydroxylation is 1. The summed E-state index contributed by atoms with van der Waals surface area (Å²) >= 11 is 0. The highest BCUT2D eigenvalue weighted by Crippen LogP contribution is 2.34. The van der Waals surface area contributed by atoms with Crippen molar-refractivity contribution in [3.8, 4) is 5.82 Å². The molecule has 2 aromatic heterocycles. The monoisotopic (exact) mass is 351 g/mol. The number of hydrogen-bond acceptors (Lipinski definition) is 6.